The van der Waals surface area contributed by atoms with E-state index in [1.54, 1.807) is 6.92 Å². The first-order valence-corrected chi connectivity index (χ1v) is 8.30. The first-order chi connectivity index (χ1) is 13.1. The average Bonchev–Trinajstić information content (AvgIpc) is 2.62. The minimum absolute atomic E-state index is 0.264. The zero-order chi connectivity index (χ0) is 20.9. The van der Waals surface area contributed by atoms with Crippen LogP contribution >= 0.6 is 0 Å². The van der Waals surface area contributed by atoms with Crippen LogP contribution in [0.5, 0.6) is 0 Å². The van der Waals surface area contributed by atoms with Gasteiger partial charge in [-0.1, -0.05) is 13.5 Å². The van der Waals surface area contributed by atoms with Gasteiger partial charge in [-0.3, -0.25) is 4.79 Å². The van der Waals surface area contributed by atoms with Gasteiger partial charge in [0.1, 0.15) is 5.82 Å². The highest BCUT2D eigenvalue weighted by molar-refractivity contribution is 5.92. The van der Waals surface area contributed by atoms with E-state index >= 15 is 0 Å². The standard InChI is InChI=1S/C19H18F5N3O/c1-11(18(28)27-15-7-5-14(20)6-8-15)3-4-12(2)26-17-16(21)9-13(10-25-17)19(22,23)24/h5-11H,2-4H2,1H3,(H,25,26)(H,27,28). The van der Waals surface area contributed by atoms with Gasteiger partial charge in [0, 0.05) is 23.5 Å². The summed E-state index contributed by atoms with van der Waals surface area (Å²) in [5, 5.41) is 5.15. The third-order valence-electron chi connectivity index (χ3n) is 3.90. The molecule has 1 heterocycles. The van der Waals surface area contributed by atoms with Crippen LogP contribution in [0.25, 0.3) is 0 Å². The van der Waals surface area contributed by atoms with Gasteiger partial charge in [0.25, 0.3) is 0 Å². The smallest absolute Gasteiger partial charge is 0.342 e. The lowest BCUT2D eigenvalue weighted by Crippen LogP contribution is -2.20. The summed E-state index contributed by atoms with van der Waals surface area (Å²) in [6, 6.07) is 5.65. The highest BCUT2D eigenvalue weighted by Gasteiger charge is 2.32. The van der Waals surface area contributed by atoms with Crippen molar-refractivity contribution in [2.24, 2.45) is 5.92 Å². The Morgan fingerprint density at radius 3 is 2.39 bits per heavy atom. The van der Waals surface area contributed by atoms with Crippen LogP contribution in [-0.4, -0.2) is 10.9 Å². The van der Waals surface area contributed by atoms with Gasteiger partial charge in [0.2, 0.25) is 5.91 Å². The molecule has 1 aromatic heterocycles. The fourth-order valence-electron chi connectivity index (χ4n) is 2.24. The minimum Gasteiger partial charge on any atom is -0.342 e. The van der Waals surface area contributed by atoms with Gasteiger partial charge < -0.3 is 10.6 Å². The van der Waals surface area contributed by atoms with Crippen LogP contribution < -0.4 is 10.6 Å². The molecule has 0 spiro atoms. The topological polar surface area (TPSA) is 54.0 Å². The Bertz CT molecular complexity index is 850. The van der Waals surface area contributed by atoms with E-state index in [0.29, 0.717) is 30.1 Å². The van der Waals surface area contributed by atoms with E-state index in [-0.39, 0.29) is 18.1 Å². The molecule has 2 aromatic rings. The Morgan fingerprint density at radius 1 is 1.18 bits per heavy atom. The van der Waals surface area contributed by atoms with Crippen molar-refractivity contribution in [3.63, 3.8) is 0 Å². The normalized spacial score (nSPS) is 12.4. The van der Waals surface area contributed by atoms with E-state index in [0.717, 1.165) is 0 Å². The van der Waals surface area contributed by atoms with Crippen LogP contribution in [0, 0.1) is 17.6 Å². The molecule has 1 amide bonds. The van der Waals surface area contributed by atoms with E-state index < -0.39 is 29.3 Å². The first kappa shape index (κ1) is 21.3. The van der Waals surface area contributed by atoms with Crippen molar-refractivity contribution in [1.82, 2.24) is 4.98 Å². The van der Waals surface area contributed by atoms with E-state index in [4.69, 9.17) is 0 Å². The fraction of sp³-hybridized carbons (Fsp3) is 0.263. The molecule has 0 radical (unpaired) electrons. The predicted molar refractivity (Wildman–Crippen MR) is 95.4 cm³/mol. The van der Waals surface area contributed by atoms with Crippen LogP contribution in [0.2, 0.25) is 0 Å². The van der Waals surface area contributed by atoms with Gasteiger partial charge in [0.15, 0.2) is 11.6 Å². The number of pyridine rings is 1. The van der Waals surface area contributed by atoms with Gasteiger partial charge in [0.05, 0.1) is 5.56 Å². The average molecular weight is 399 g/mol. The zero-order valence-corrected chi connectivity index (χ0v) is 14.9. The molecule has 1 aromatic carbocycles. The number of benzene rings is 1. The SMILES string of the molecule is C=C(CCC(C)C(=O)Nc1ccc(F)cc1)Nc1ncc(C(F)(F)F)cc1F. The molecule has 0 fully saturated rings. The summed E-state index contributed by atoms with van der Waals surface area (Å²) >= 11 is 0. The number of nitrogens with zero attached hydrogens (tertiary/aromatic N) is 1. The number of nitrogens with one attached hydrogen (secondary N) is 2. The summed E-state index contributed by atoms with van der Waals surface area (Å²) in [6.07, 6.45) is -3.55. The number of aromatic nitrogens is 1. The Kier molecular flexibility index (Phi) is 6.71. The first-order valence-electron chi connectivity index (χ1n) is 8.30. The molecule has 2 rings (SSSR count). The summed E-state index contributed by atoms with van der Waals surface area (Å²) in [5.41, 5.74) is -0.439. The van der Waals surface area contributed by atoms with Gasteiger partial charge >= 0.3 is 6.18 Å². The maximum atomic E-state index is 13.8. The second kappa shape index (κ2) is 8.81. The summed E-state index contributed by atoms with van der Waals surface area (Å²) in [6.45, 7) is 5.34. The summed E-state index contributed by atoms with van der Waals surface area (Å²) in [4.78, 5) is 15.6. The number of alkyl halides is 3. The molecule has 2 N–H and O–H groups in total. The molecule has 150 valence electrons. The molecule has 28 heavy (non-hydrogen) atoms. The van der Waals surface area contributed by atoms with E-state index in [2.05, 4.69) is 22.2 Å². The van der Waals surface area contributed by atoms with Crippen molar-refractivity contribution in [1.29, 1.82) is 0 Å². The lowest BCUT2D eigenvalue weighted by molar-refractivity contribution is -0.138. The molecule has 0 aliphatic rings. The number of carbonyl (C=O) groups excluding carboxylic acids is 1. The monoisotopic (exact) mass is 399 g/mol. The molecule has 0 aliphatic heterocycles. The highest BCUT2D eigenvalue weighted by atomic mass is 19.4. The number of anilines is 2. The number of halogens is 5. The number of carbonyl (C=O) groups is 1. The van der Waals surface area contributed by atoms with Crippen molar-refractivity contribution in [2.75, 3.05) is 10.6 Å². The lowest BCUT2D eigenvalue weighted by atomic mass is 10.0. The molecule has 1 unspecified atom stereocenters. The van der Waals surface area contributed by atoms with E-state index in [9.17, 15) is 26.7 Å². The van der Waals surface area contributed by atoms with Gasteiger partial charge in [-0.2, -0.15) is 13.2 Å². The zero-order valence-electron chi connectivity index (χ0n) is 14.9. The summed E-state index contributed by atoms with van der Waals surface area (Å²) in [5.74, 6) is -2.68. The van der Waals surface area contributed by atoms with Gasteiger partial charge in [-0.05, 0) is 43.2 Å². The second-order valence-corrected chi connectivity index (χ2v) is 6.22. The Labute approximate surface area is 158 Å². The maximum absolute atomic E-state index is 13.8. The van der Waals surface area contributed by atoms with Crippen LogP contribution in [0.1, 0.15) is 25.3 Å². The Hall–Kier alpha value is -2.97. The molecule has 0 saturated heterocycles. The van der Waals surface area contributed by atoms with Gasteiger partial charge in [-0.15, -0.1) is 0 Å². The molecule has 0 aliphatic carbocycles. The Balaban J connectivity index is 1.86. The quantitative estimate of drug-likeness (QED) is 0.617. The molecular weight excluding hydrogens is 381 g/mol. The van der Waals surface area contributed by atoms with Gasteiger partial charge in [-0.25, -0.2) is 13.8 Å². The predicted octanol–water partition coefficient (Wildman–Crippen LogP) is 5.36. The second-order valence-electron chi connectivity index (χ2n) is 6.22. The molecule has 1 atom stereocenters. The van der Waals surface area contributed by atoms with E-state index in [1.807, 2.05) is 0 Å². The lowest BCUT2D eigenvalue weighted by Gasteiger charge is -2.15. The molecular formula is C19H18F5N3O. The molecule has 9 heteroatoms. The third kappa shape index (κ3) is 6.04. The van der Waals surface area contributed by atoms with E-state index in [1.165, 1.54) is 24.3 Å². The number of allylic oxidation sites excluding steroid dienone is 1. The van der Waals surface area contributed by atoms with Crippen LogP contribution in [0.3, 0.4) is 0 Å². The maximum Gasteiger partial charge on any atom is 0.417 e. The number of hydrogen-bond acceptors (Lipinski definition) is 3. The van der Waals surface area contributed by atoms with Crippen LogP contribution in [0.15, 0.2) is 48.8 Å². The van der Waals surface area contributed by atoms with Crippen molar-refractivity contribution >= 4 is 17.4 Å². The summed E-state index contributed by atoms with van der Waals surface area (Å²) < 4.78 is 64.2. The molecule has 4 nitrogen and oxygen atoms in total. The Morgan fingerprint density at radius 2 is 1.82 bits per heavy atom. The van der Waals surface area contributed by atoms with Crippen LogP contribution in [0.4, 0.5) is 33.5 Å². The van der Waals surface area contributed by atoms with Crippen molar-refractivity contribution in [2.45, 2.75) is 25.9 Å². The number of rotatable bonds is 7. The number of hydrogen-bond donors (Lipinski definition) is 2. The minimum atomic E-state index is -4.68. The van der Waals surface area contributed by atoms with Crippen molar-refractivity contribution in [3.05, 3.63) is 66.0 Å². The van der Waals surface area contributed by atoms with Crippen molar-refractivity contribution < 1.29 is 26.7 Å². The fourth-order valence-corrected chi connectivity index (χ4v) is 2.24. The molecule has 0 bridgehead atoms. The van der Waals surface area contributed by atoms with Crippen molar-refractivity contribution in [3.8, 4) is 0 Å². The van der Waals surface area contributed by atoms with Crippen LogP contribution in [-0.2, 0) is 11.0 Å². The third-order valence-corrected chi connectivity index (χ3v) is 3.90. The largest absolute Gasteiger partial charge is 0.417 e. The highest BCUT2D eigenvalue weighted by Crippen LogP contribution is 2.30. The number of amides is 1. The summed E-state index contributed by atoms with van der Waals surface area (Å²) in [7, 11) is 0. The molecule has 0 saturated carbocycles.